The van der Waals surface area contributed by atoms with E-state index in [1.807, 2.05) is 22.9 Å². The van der Waals surface area contributed by atoms with Crippen LogP contribution in [0.25, 0.3) is 11.1 Å². The van der Waals surface area contributed by atoms with Crippen molar-refractivity contribution >= 4 is 38.6 Å². The van der Waals surface area contributed by atoms with Gasteiger partial charge in [-0.2, -0.15) is 11.3 Å². The van der Waals surface area contributed by atoms with Crippen molar-refractivity contribution < 1.29 is 17.9 Å². The maximum Gasteiger partial charge on any atom is 0.323 e. The van der Waals surface area contributed by atoms with Gasteiger partial charge in [-0.05, 0) is 52.2 Å². The van der Waals surface area contributed by atoms with Crippen molar-refractivity contribution in [1.82, 2.24) is 0 Å². The number of urea groups is 1. The van der Waals surface area contributed by atoms with Crippen molar-refractivity contribution in [2.75, 3.05) is 17.7 Å². The Morgan fingerprint density at radius 1 is 0.939 bits per heavy atom. The second-order valence-corrected chi connectivity index (χ2v) is 10.0. The first-order valence-electron chi connectivity index (χ1n) is 10.1. The smallest absolute Gasteiger partial charge is 0.323 e. The van der Waals surface area contributed by atoms with Crippen LogP contribution in [0.15, 0.2) is 94.5 Å². The van der Waals surface area contributed by atoms with Gasteiger partial charge in [-0.25, -0.2) is 13.2 Å². The number of thiophene rings is 1. The van der Waals surface area contributed by atoms with Crippen molar-refractivity contribution in [3.63, 3.8) is 0 Å². The van der Waals surface area contributed by atoms with Crippen LogP contribution in [0.2, 0.25) is 0 Å². The summed E-state index contributed by atoms with van der Waals surface area (Å²) in [6, 6.07) is 22.2. The lowest BCUT2D eigenvalue weighted by atomic mass is 10.1. The number of benzene rings is 3. The van der Waals surface area contributed by atoms with E-state index in [0.717, 1.165) is 11.1 Å². The molecule has 4 aromatic rings. The summed E-state index contributed by atoms with van der Waals surface area (Å²) in [6.45, 7) is 0. The SMILES string of the molecule is COc1cccc(NC(=O)Nc2cc(S(=O)(=O)Cc3ccccc3)ccc2-c2ccsc2)c1. The minimum atomic E-state index is -3.61. The van der Waals surface area contributed by atoms with Crippen LogP contribution in [0.1, 0.15) is 5.56 Å². The van der Waals surface area contributed by atoms with Gasteiger partial charge in [0.1, 0.15) is 5.75 Å². The van der Waals surface area contributed by atoms with E-state index in [4.69, 9.17) is 4.74 Å². The highest BCUT2D eigenvalue weighted by molar-refractivity contribution is 7.90. The molecular formula is C25H22N2O4S2. The summed E-state index contributed by atoms with van der Waals surface area (Å²) in [7, 11) is -2.06. The molecule has 2 N–H and O–H groups in total. The summed E-state index contributed by atoms with van der Waals surface area (Å²) in [5.41, 5.74) is 3.28. The third-order valence-electron chi connectivity index (χ3n) is 4.96. The van der Waals surface area contributed by atoms with E-state index in [2.05, 4.69) is 10.6 Å². The quantitative estimate of drug-likeness (QED) is 0.339. The van der Waals surface area contributed by atoms with E-state index in [-0.39, 0.29) is 10.6 Å². The summed E-state index contributed by atoms with van der Waals surface area (Å²) in [4.78, 5) is 12.9. The summed E-state index contributed by atoms with van der Waals surface area (Å²) < 4.78 is 31.3. The largest absolute Gasteiger partial charge is 0.497 e. The third kappa shape index (κ3) is 5.60. The van der Waals surface area contributed by atoms with Crippen LogP contribution < -0.4 is 15.4 Å². The summed E-state index contributed by atoms with van der Waals surface area (Å²) in [5.74, 6) is 0.488. The van der Waals surface area contributed by atoms with Gasteiger partial charge in [-0.15, -0.1) is 0 Å². The van der Waals surface area contributed by atoms with Gasteiger partial charge in [0, 0.05) is 17.3 Å². The molecule has 0 aliphatic rings. The van der Waals surface area contributed by atoms with Gasteiger partial charge in [0.25, 0.3) is 0 Å². The van der Waals surface area contributed by atoms with E-state index >= 15 is 0 Å². The number of rotatable bonds is 7. The highest BCUT2D eigenvalue weighted by atomic mass is 32.2. The van der Waals surface area contributed by atoms with Crippen molar-refractivity contribution in [2.24, 2.45) is 0 Å². The zero-order chi connectivity index (χ0) is 23.3. The highest BCUT2D eigenvalue weighted by Crippen LogP contribution is 2.33. The number of methoxy groups -OCH3 is 1. The lowest BCUT2D eigenvalue weighted by Gasteiger charge is -2.14. The number of hydrogen-bond acceptors (Lipinski definition) is 5. The molecule has 1 heterocycles. The highest BCUT2D eigenvalue weighted by Gasteiger charge is 2.19. The van der Waals surface area contributed by atoms with Gasteiger partial charge in [-0.3, -0.25) is 0 Å². The second-order valence-electron chi connectivity index (χ2n) is 7.28. The molecule has 3 aromatic carbocycles. The Balaban J connectivity index is 1.63. The van der Waals surface area contributed by atoms with Crippen LogP contribution in [-0.4, -0.2) is 21.6 Å². The van der Waals surface area contributed by atoms with E-state index < -0.39 is 15.9 Å². The Bertz CT molecular complexity index is 1350. The van der Waals surface area contributed by atoms with E-state index in [9.17, 15) is 13.2 Å². The predicted octanol–water partition coefficient (Wildman–Crippen LogP) is 6.04. The topological polar surface area (TPSA) is 84.5 Å². The first-order valence-corrected chi connectivity index (χ1v) is 12.7. The number of nitrogens with one attached hydrogen (secondary N) is 2. The minimum absolute atomic E-state index is 0.124. The normalized spacial score (nSPS) is 11.1. The average molecular weight is 479 g/mol. The molecule has 33 heavy (non-hydrogen) atoms. The van der Waals surface area contributed by atoms with Gasteiger partial charge < -0.3 is 15.4 Å². The van der Waals surface area contributed by atoms with Crippen molar-refractivity contribution in [3.05, 3.63) is 95.2 Å². The minimum Gasteiger partial charge on any atom is -0.497 e. The standard InChI is InChI=1S/C25H22N2O4S2/c1-31-21-9-5-8-20(14-21)26-25(28)27-24-15-22(10-11-23(24)19-12-13-32-16-19)33(29,30)17-18-6-3-2-4-7-18/h2-16H,17H2,1H3,(H2,26,27,28). The first kappa shape index (κ1) is 22.6. The Hall–Kier alpha value is -3.62. The van der Waals surface area contributed by atoms with Crippen LogP contribution in [0.3, 0.4) is 0 Å². The number of anilines is 2. The number of amides is 2. The van der Waals surface area contributed by atoms with Crippen LogP contribution in [0, 0.1) is 0 Å². The number of hydrogen-bond donors (Lipinski definition) is 2. The fourth-order valence-electron chi connectivity index (χ4n) is 3.35. The Morgan fingerprint density at radius 3 is 2.48 bits per heavy atom. The fourth-order valence-corrected chi connectivity index (χ4v) is 5.38. The van der Waals surface area contributed by atoms with Gasteiger partial charge in [-0.1, -0.05) is 42.5 Å². The Labute approximate surface area is 196 Å². The second kappa shape index (κ2) is 9.89. The Morgan fingerprint density at radius 2 is 1.76 bits per heavy atom. The van der Waals surface area contributed by atoms with Crippen LogP contribution >= 0.6 is 11.3 Å². The molecule has 0 saturated heterocycles. The number of carbonyl (C=O) groups is 1. The molecule has 0 spiro atoms. The maximum atomic E-state index is 13.1. The molecule has 4 rings (SSSR count). The molecule has 0 bridgehead atoms. The lowest BCUT2D eigenvalue weighted by Crippen LogP contribution is -2.20. The molecule has 1 aromatic heterocycles. The van der Waals surface area contributed by atoms with Crippen molar-refractivity contribution in [3.8, 4) is 16.9 Å². The fraction of sp³-hybridized carbons (Fsp3) is 0.0800. The van der Waals surface area contributed by atoms with Crippen LogP contribution in [-0.2, 0) is 15.6 Å². The van der Waals surface area contributed by atoms with E-state index in [1.54, 1.807) is 67.8 Å². The molecular weight excluding hydrogens is 456 g/mol. The van der Waals surface area contributed by atoms with Crippen LogP contribution in [0.5, 0.6) is 5.75 Å². The Kier molecular flexibility index (Phi) is 6.76. The summed E-state index contributed by atoms with van der Waals surface area (Å²) in [5, 5.41) is 9.44. The zero-order valence-electron chi connectivity index (χ0n) is 17.8. The summed E-state index contributed by atoms with van der Waals surface area (Å²) in [6.07, 6.45) is 0. The number of sulfone groups is 1. The number of carbonyl (C=O) groups excluding carboxylic acids is 1. The predicted molar refractivity (Wildman–Crippen MR) is 133 cm³/mol. The molecule has 6 nitrogen and oxygen atoms in total. The van der Waals surface area contributed by atoms with Gasteiger partial charge >= 0.3 is 6.03 Å². The molecule has 8 heteroatoms. The molecule has 0 unspecified atom stereocenters. The first-order chi connectivity index (χ1) is 15.9. The molecule has 168 valence electrons. The monoisotopic (exact) mass is 478 g/mol. The lowest BCUT2D eigenvalue weighted by molar-refractivity contribution is 0.262. The van der Waals surface area contributed by atoms with E-state index in [0.29, 0.717) is 22.7 Å². The molecule has 0 atom stereocenters. The van der Waals surface area contributed by atoms with Crippen molar-refractivity contribution in [2.45, 2.75) is 10.6 Å². The van der Waals surface area contributed by atoms with Crippen LogP contribution in [0.4, 0.5) is 16.2 Å². The van der Waals surface area contributed by atoms with Crippen molar-refractivity contribution in [1.29, 1.82) is 0 Å². The zero-order valence-corrected chi connectivity index (χ0v) is 19.4. The van der Waals surface area contributed by atoms with Gasteiger partial charge in [0.05, 0.1) is 23.4 Å². The number of ether oxygens (including phenoxy) is 1. The van der Waals surface area contributed by atoms with E-state index in [1.165, 1.54) is 17.4 Å². The molecule has 0 saturated carbocycles. The molecule has 0 aliphatic carbocycles. The molecule has 2 amide bonds. The average Bonchev–Trinajstić information content (AvgIpc) is 3.34. The van der Waals surface area contributed by atoms with Gasteiger partial charge in [0.15, 0.2) is 9.84 Å². The molecule has 0 radical (unpaired) electrons. The molecule has 0 aliphatic heterocycles. The maximum absolute atomic E-state index is 13.1. The molecule has 0 fully saturated rings. The summed E-state index contributed by atoms with van der Waals surface area (Å²) >= 11 is 1.52. The third-order valence-corrected chi connectivity index (χ3v) is 7.33. The van der Waals surface area contributed by atoms with Gasteiger partial charge in [0.2, 0.25) is 0 Å².